The Hall–Kier alpha value is -2.80. The molecule has 7 heteroatoms. The summed E-state index contributed by atoms with van der Waals surface area (Å²) in [5.74, 6) is -0.788. The number of hydrogen-bond acceptors (Lipinski definition) is 6. The van der Waals surface area contributed by atoms with Gasteiger partial charge < -0.3 is 14.8 Å². The highest BCUT2D eigenvalue weighted by molar-refractivity contribution is 7.98. The molecule has 0 fully saturated rings. The van der Waals surface area contributed by atoms with E-state index in [1.54, 1.807) is 42.5 Å². The summed E-state index contributed by atoms with van der Waals surface area (Å²) >= 11 is 1.52. The summed E-state index contributed by atoms with van der Waals surface area (Å²) in [7, 11) is 1.47. The van der Waals surface area contributed by atoms with Crippen molar-refractivity contribution in [3.05, 3.63) is 53.6 Å². The highest BCUT2D eigenvalue weighted by atomic mass is 32.2. The third-order valence-electron chi connectivity index (χ3n) is 3.84. The molecule has 1 amide bonds. The minimum atomic E-state index is -1.00. The molecule has 0 aliphatic carbocycles. The molecule has 27 heavy (non-hydrogen) atoms. The highest BCUT2D eigenvalue weighted by Crippen LogP contribution is 2.26. The molecular formula is C20H21NO5S. The van der Waals surface area contributed by atoms with Crippen LogP contribution in [0.15, 0.2) is 47.4 Å². The van der Waals surface area contributed by atoms with Crippen molar-refractivity contribution in [3.63, 3.8) is 0 Å². The largest absolute Gasteiger partial charge is 0.496 e. The molecule has 0 heterocycles. The van der Waals surface area contributed by atoms with Crippen molar-refractivity contribution in [1.29, 1.82) is 0 Å². The third kappa shape index (κ3) is 5.34. The normalized spacial score (nSPS) is 11.4. The molecule has 0 radical (unpaired) electrons. The number of carbonyl (C=O) groups excluding carboxylic acids is 3. The Morgan fingerprint density at radius 3 is 2.30 bits per heavy atom. The number of hydrogen-bond donors (Lipinski definition) is 1. The van der Waals surface area contributed by atoms with Gasteiger partial charge in [0.15, 0.2) is 11.9 Å². The van der Waals surface area contributed by atoms with Gasteiger partial charge in [0.25, 0.3) is 5.91 Å². The van der Waals surface area contributed by atoms with Crippen LogP contribution in [0.3, 0.4) is 0 Å². The summed E-state index contributed by atoms with van der Waals surface area (Å²) in [5.41, 5.74) is 1.31. The average Bonchev–Trinajstić information content (AvgIpc) is 2.67. The summed E-state index contributed by atoms with van der Waals surface area (Å²) in [4.78, 5) is 36.9. The van der Waals surface area contributed by atoms with Crippen LogP contribution in [0.4, 0.5) is 5.69 Å². The monoisotopic (exact) mass is 387 g/mol. The van der Waals surface area contributed by atoms with E-state index in [0.717, 1.165) is 4.90 Å². The molecule has 0 unspecified atom stereocenters. The lowest BCUT2D eigenvalue weighted by Crippen LogP contribution is -2.30. The van der Waals surface area contributed by atoms with Crippen LogP contribution >= 0.6 is 11.8 Å². The van der Waals surface area contributed by atoms with E-state index in [1.807, 2.05) is 6.26 Å². The topological polar surface area (TPSA) is 81.7 Å². The summed E-state index contributed by atoms with van der Waals surface area (Å²) in [6, 6.07) is 11.6. The van der Waals surface area contributed by atoms with E-state index < -0.39 is 18.0 Å². The molecule has 0 spiro atoms. The van der Waals surface area contributed by atoms with Crippen LogP contribution in [0.2, 0.25) is 0 Å². The molecule has 2 aromatic carbocycles. The van der Waals surface area contributed by atoms with Crippen LogP contribution in [0, 0.1) is 0 Å². The molecular weight excluding hydrogens is 366 g/mol. The molecule has 142 valence electrons. The summed E-state index contributed by atoms with van der Waals surface area (Å²) in [6.45, 7) is 2.95. The Morgan fingerprint density at radius 2 is 1.74 bits per heavy atom. The van der Waals surface area contributed by atoms with Crippen LogP contribution in [0.1, 0.15) is 34.6 Å². The van der Waals surface area contributed by atoms with Crippen molar-refractivity contribution < 1.29 is 23.9 Å². The van der Waals surface area contributed by atoms with E-state index in [9.17, 15) is 14.4 Å². The predicted molar refractivity (Wildman–Crippen MR) is 105 cm³/mol. The standard InChI is InChI=1S/C20H21NO5S/c1-12(22)14-5-7-15(8-6-14)21-19(23)13(2)26-20(24)17-10-9-16(27-4)11-18(17)25-3/h5-11,13H,1-4H3,(H,21,23)/t13-/m0/s1. The summed E-state index contributed by atoms with van der Waals surface area (Å²) in [5, 5.41) is 2.65. The minimum Gasteiger partial charge on any atom is -0.496 e. The number of esters is 1. The lowest BCUT2D eigenvalue weighted by molar-refractivity contribution is -0.123. The van der Waals surface area contributed by atoms with E-state index in [4.69, 9.17) is 9.47 Å². The van der Waals surface area contributed by atoms with E-state index in [0.29, 0.717) is 17.0 Å². The van der Waals surface area contributed by atoms with Gasteiger partial charge in [-0.1, -0.05) is 0 Å². The van der Waals surface area contributed by atoms with Crippen LogP contribution in [-0.4, -0.2) is 37.1 Å². The van der Waals surface area contributed by atoms with Crippen molar-refractivity contribution >= 4 is 35.1 Å². The number of amides is 1. The smallest absolute Gasteiger partial charge is 0.342 e. The Bertz CT molecular complexity index is 848. The average molecular weight is 387 g/mol. The maximum absolute atomic E-state index is 12.4. The molecule has 2 rings (SSSR count). The lowest BCUT2D eigenvalue weighted by Gasteiger charge is -2.15. The summed E-state index contributed by atoms with van der Waals surface area (Å²) in [6.07, 6.45) is 0.914. The Morgan fingerprint density at radius 1 is 1.07 bits per heavy atom. The molecule has 6 nitrogen and oxygen atoms in total. The second-order valence-electron chi connectivity index (χ2n) is 5.74. The number of anilines is 1. The van der Waals surface area contributed by atoms with Gasteiger partial charge >= 0.3 is 5.97 Å². The van der Waals surface area contributed by atoms with Crippen molar-refractivity contribution in [2.24, 2.45) is 0 Å². The molecule has 1 atom stereocenters. The van der Waals surface area contributed by atoms with Gasteiger partial charge in [0.2, 0.25) is 0 Å². The number of nitrogens with one attached hydrogen (secondary N) is 1. The second-order valence-corrected chi connectivity index (χ2v) is 6.62. The molecule has 0 aliphatic heterocycles. The zero-order valence-electron chi connectivity index (χ0n) is 15.6. The molecule has 0 bridgehead atoms. The first kappa shape index (κ1) is 20.5. The zero-order chi connectivity index (χ0) is 20.0. The van der Waals surface area contributed by atoms with Crippen molar-refractivity contribution in [2.45, 2.75) is 24.8 Å². The quantitative estimate of drug-likeness (QED) is 0.442. The third-order valence-corrected chi connectivity index (χ3v) is 4.57. The van der Waals surface area contributed by atoms with Crippen LogP contribution in [0.25, 0.3) is 0 Å². The van der Waals surface area contributed by atoms with Gasteiger partial charge in [-0.25, -0.2) is 4.79 Å². The minimum absolute atomic E-state index is 0.0587. The van der Waals surface area contributed by atoms with Crippen LogP contribution < -0.4 is 10.1 Å². The second kappa shape index (κ2) is 9.23. The number of thioether (sulfide) groups is 1. The van der Waals surface area contributed by atoms with Gasteiger partial charge in [-0.2, -0.15) is 0 Å². The number of carbonyl (C=O) groups is 3. The van der Waals surface area contributed by atoms with E-state index >= 15 is 0 Å². The fourth-order valence-electron chi connectivity index (χ4n) is 2.28. The van der Waals surface area contributed by atoms with Gasteiger partial charge in [0.05, 0.1) is 7.11 Å². The van der Waals surface area contributed by atoms with Gasteiger partial charge in [-0.05, 0) is 62.6 Å². The van der Waals surface area contributed by atoms with Gasteiger partial charge in [0.1, 0.15) is 11.3 Å². The van der Waals surface area contributed by atoms with E-state index in [-0.39, 0.29) is 11.3 Å². The Kier molecular flexibility index (Phi) is 7.01. The van der Waals surface area contributed by atoms with Crippen molar-refractivity contribution in [2.75, 3.05) is 18.7 Å². The van der Waals surface area contributed by atoms with Crippen molar-refractivity contribution in [3.8, 4) is 5.75 Å². The fourth-order valence-corrected chi connectivity index (χ4v) is 2.71. The number of Topliss-reactive ketones (excluding diaryl/α,β-unsaturated/α-hetero) is 1. The number of ether oxygens (including phenoxy) is 2. The maximum Gasteiger partial charge on any atom is 0.342 e. The van der Waals surface area contributed by atoms with Crippen LogP contribution in [0.5, 0.6) is 5.75 Å². The van der Waals surface area contributed by atoms with E-state index in [2.05, 4.69) is 5.32 Å². The lowest BCUT2D eigenvalue weighted by atomic mass is 10.1. The first-order valence-corrected chi connectivity index (χ1v) is 9.43. The number of ketones is 1. The summed E-state index contributed by atoms with van der Waals surface area (Å²) < 4.78 is 10.5. The number of rotatable bonds is 7. The molecule has 0 saturated heterocycles. The molecule has 2 aromatic rings. The Labute approximate surface area is 162 Å². The number of benzene rings is 2. The fraction of sp³-hybridized carbons (Fsp3) is 0.250. The Balaban J connectivity index is 2.03. The zero-order valence-corrected chi connectivity index (χ0v) is 16.4. The highest BCUT2D eigenvalue weighted by Gasteiger charge is 2.21. The first-order chi connectivity index (χ1) is 12.8. The number of methoxy groups -OCH3 is 1. The van der Waals surface area contributed by atoms with Crippen molar-refractivity contribution in [1.82, 2.24) is 0 Å². The van der Waals surface area contributed by atoms with Gasteiger partial charge in [-0.3, -0.25) is 9.59 Å². The predicted octanol–water partition coefficient (Wildman–Crippen LogP) is 3.80. The van der Waals surface area contributed by atoms with Gasteiger partial charge in [-0.15, -0.1) is 11.8 Å². The molecule has 0 aromatic heterocycles. The molecule has 0 aliphatic rings. The SMILES string of the molecule is COc1cc(SC)ccc1C(=O)O[C@@H](C)C(=O)Nc1ccc(C(C)=O)cc1. The molecule has 0 saturated carbocycles. The van der Waals surface area contributed by atoms with E-state index in [1.165, 1.54) is 32.7 Å². The van der Waals surface area contributed by atoms with Crippen LogP contribution in [-0.2, 0) is 9.53 Å². The first-order valence-electron chi connectivity index (χ1n) is 8.20. The maximum atomic E-state index is 12.4. The molecule has 1 N–H and O–H groups in total. The van der Waals surface area contributed by atoms with Gasteiger partial charge in [0, 0.05) is 16.1 Å².